The van der Waals surface area contributed by atoms with E-state index in [9.17, 15) is 14.4 Å². The molecule has 1 amide bonds. The fourth-order valence-corrected chi connectivity index (χ4v) is 3.94. The van der Waals surface area contributed by atoms with E-state index in [2.05, 4.69) is 15.5 Å². The van der Waals surface area contributed by atoms with Crippen LogP contribution in [0.1, 0.15) is 44.0 Å². The van der Waals surface area contributed by atoms with Crippen LogP contribution in [0.2, 0.25) is 0 Å². The number of rotatable bonds is 8. The van der Waals surface area contributed by atoms with Crippen molar-refractivity contribution in [2.75, 3.05) is 11.9 Å². The summed E-state index contributed by atoms with van der Waals surface area (Å²) < 4.78 is 7.14. The van der Waals surface area contributed by atoms with Crippen LogP contribution in [0.25, 0.3) is 0 Å². The molecule has 2 aromatic rings. The second-order valence-electron chi connectivity index (χ2n) is 7.40. The summed E-state index contributed by atoms with van der Waals surface area (Å²) in [6, 6.07) is 6.82. The Morgan fingerprint density at radius 1 is 1.31 bits per heavy atom. The van der Waals surface area contributed by atoms with Crippen molar-refractivity contribution < 1.29 is 14.3 Å². The zero-order valence-electron chi connectivity index (χ0n) is 16.8. The summed E-state index contributed by atoms with van der Waals surface area (Å²) in [6.07, 6.45) is 1.90. The molecule has 1 aliphatic heterocycles. The van der Waals surface area contributed by atoms with Crippen LogP contribution in [0.3, 0.4) is 0 Å². The molecule has 1 aliphatic rings. The lowest BCUT2D eigenvalue weighted by Gasteiger charge is -2.14. The molecule has 2 heterocycles. The number of H-pyrrole nitrogens is 1. The number of benzene rings is 1. The van der Waals surface area contributed by atoms with E-state index in [-0.39, 0.29) is 29.4 Å². The average Bonchev–Trinajstić information content (AvgIpc) is 3.33. The molecule has 156 valence electrons. The Labute approximate surface area is 173 Å². The summed E-state index contributed by atoms with van der Waals surface area (Å²) in [4.78, 5) is 36.6. The number of nitrogens with zero attached hydrogens (tertiary/aromatic N) is 2. The first-order valence-electron chi connectivity index (χ1n) is 9.73. The Morgan fingerprint density at radius 2 is 2.03 bits per heavy atom. The summed E-state index contributed by atoms with van der Waals surface area (Å²) in [5.74, 6) is -0.264. The van der Waals surface area contributed by atoms with E-state index in [1.54, 1.807) is 31.2 Å². The van der Waals surface area contributed by atoms with Gasteiger partial charge in [-0.3, -0.25) is 14.2 Å². The third-order valence-electron chi connectivity index (χ3n) is 4.75. The number of thioether (sulfide) groups is 1. The van der Waals surface area contributed by atoms with Gasteiger partial charge in [0.15, 0.2) is 10.9 Å². The maximum absolute atomic E-state index is 12.8. The van der Waals surface area contributed by atoms with Crippen molar-refractivity contribution in [1.29, 1.82) is 0 Å². The molecule has 1 fully saturated rings. The molecule has 9 heteroatoms. The van der Waals surface area contributed by atoms with Crippen molar-refractivity contribution in [2.24, 2.45) is 5.92 Å². The maximum Gasteiger partial charge on any atom is 0.344 e. The predicted molar refractivity (Wildman–Crippen MR) is 111 cm³/mol. The van der Waals surface area contributed by atoms with Crippen LogP contribution in [0.4, 0.5) is 5.69 Å². The van der Waals surface area contributed by atoms with Crippen LogP contribution in [-0.2, 0) is 16.1 Å². The number of hydrogen-bond donors (Lipinski definition) is 2. The van der Waals surface area contributed by atoms with Crippen molar-refractivity contribution in [3.63, 3.8) is 0 Å². The number of hydrogen-bond acceptors (Lipinski definition) is 6. The number of anilines is 1. The number of aromatic nitrogens is 3. The number of aromatic amines is 1. The van der Waals surface area contributed by atoms with Crippen LogP contribution in [-0.4, -0.2) is 44.4 Å². The minimum Gasteiger partial charge on any atom is -0.376 e. The van der Waals surface area contributed by atoms with Crippen molar-refractivity contribution in [1.82, 2.24) is 14.8 Å². The van der Waals surface area contributed by atoms with Crippen LogP contribution in [0, 0.1) is 5.92 Å². The van der Waals surface area contributed by atoms with Crippen molar-refractivity contribution >= 4 is 29.1 Å². The summed E-state index contributed by atoms with van der Waals surface area (Å²) in [5, 5.41) is 9.38. The Bertz CT molecular complexity index is 913. The molecular weight excluding hydrogens is 392 g/mol. The molecule has 29 heavy (non-hydrogen) atoms. The first-order valence-corrected chi connectivity index (χ1v) is 10.6. The minimum absolute atomic E-state index is 0.00394. The molecule has 1 aromatic carbocycles. The second-order valence-corrected chi connectivity index (χ2v) is 8.71. The van der Waals surface area contributed by atoms with Crippen molar-refractivity contribution in [2.45, 2.75) is 56.7 Å². The quantitative estimate of drug-likeness (QED) is 0.504. The molecule has 0 aliphatic carbocycles. The summed E-state index contributed by atoms with van der Waals surface area (Å²) in [6.45, 7) is 6.57. The summed E-state index contributed by atoms with van der Waals surface area (Å²) in [7, 11) is 0. The predicted octanol–water partition coefficient (Wildman–Crippen LogP) is 2.71. The molecule has 0 spiro atoms. The van der Waals surface area contributed by atoms with E-state index < -0.39 is 5.25 Å². The van der Waals surface area contributed by atoms with Crippen LogP contribution >= 0.6 is 11.8 Å². The van der Waals surface area contributed by atoms with Crippen molar-refractivity contribution in [3.05, 3.63) is 40.3 Å². The van der Waals surface area contributed by atoms with E-state index in [0.717, 1.165) is 12.8 Å². The normalized spacial score (nSPS) is 17.4. The van der Waals surface area contributed by atoms with Gasteiger partial charge in [0.05, 0.1) is 17.9 Å². The lowest BCUT2D eigenvalue weighted by molar-refractivity contribution is -0.118. The first kappa shape index (κ1) is 21.3. The minimum atomic E-state index is -0.426. The molecule has 2 N–H and O–H groups in total. The lowest BCUT2D eigenvalue weighted by Crippen LogP contribution is -2.25. The third-order valence-corrected chi connectivity index (χ3v) is 5.84. The van der Waals surface area contributed by atoms with E-state index in [1.807, 2.05) is 13.8 Å². The number of carbonyl (C=O) groups excluding carboxylic acids is 2. The SMILES string of the molecule is CC(C)C(=O)Nc1ccc(C(=O)C(C)Sc2n[nH]c(=O)n2CC2CCCO2)cc1. The Morgan fingerprint density at radius 3 is 2.66 bits per heavy atom. The fraction of sp³-hybridized carbons (Fsp3) is 0.500. The molecule has 3 rings (SSSR count). The Kier molecular flexibility index (Phi) is 6.92. The Balaban J connectivity index is 1.65. The van der Waals surface area contributed by atoms with Gasteiger partial charge < -0.3 is 10.1 Å². The third kappa shape index (κ3) is 5.36. The number of Topliss-reactive ketones (excluding diaryl/α,β-unsaturated/α-hetero) is 1. The molecule has 1 aromatic heterocycles. The standard InChI is InChI=1S/C20H26N4O4S/c1-12(2)18(26)21-15-8-6-14(7-9-15)17(25)13(3)29-20-23-22-19(27)24(20)11-16-5-4-10-28-16/h6-9,12-13,16H,4-5,10-11H2,1-3H3,(H,21,26)(H,22,27). The smallest absolute Gasteiger partial charge is 0.344 e. The largest absolute Gasteiger partial charge is 0.376 e. The second kappa shape index (κ2) is 9.41. The van der Waals surface area contributed by atoms with Gasteiger partial charge in [0.25, 0.3) is 0 Å². The molecule has 2 unspecified atom stereocenters. The zero-order chi connectivity index (χ0) is 21.0. The highest BCUT2D eigenvalue weighted by Gasteiger charge is 2.23. The number of ketones is 1. The highest BCUT2D eigenvalue weighted by molar-refractivity contribution is 8.00. The monoisotopic (exact) mass is 418 g/mol. The molecule has 1 saturated heterocycles. The van der Waals surface area contributed by atoms with Gasteiger partial charge in [-0.1, -0.05) is 25.6 Å². The molecular formula is C20H26N4O4S. The maximum atomic E-state index is 12.8. The van der Waals surface area contributed by atoms with Crippen LogP contribution in [0.5, 0.6) is 0 Å². The number of nitrogens with one attached hydrogen (secondary N) is 2. The fourth-order valence-electron chi connectivity index (χ4n) is 3.00. The molecule has 0 radical (unpaired) electrons. The summed E-state index contributed by atoms with van der Waals surface area (Å²) in [5.41, 5.74) is 0.891. The highest BCUT2D eigenvalue weighted by Crippen LogP contribution is 2.25. The molecule has 2 atom stereocenters. The number of carbonyl (C=O) groups is 2. The average molecular weight is 419 g/mol. The van der Waals surface area contributed by atoms with Gasteiger partial charge in [-0.25, -0.2) is 9.89 Å². The molecule has 0 bridgehead atoms. The van der Waals surface area contributed by atoms with E-state index in [0.29, 0.717) is 29.6 Å². The molecule has 0 saturated carbocycles. The van der Waals surface area contributed by atoms with Gasteiger partial charge in [0.2, 0.25) is 5.91 Å². The van der Waals surface area contributed by atoms with Crippen LogP contribution < -0.4 is 11.0 Å². The van der Waals surface area contributed by atoms with Gasteiger partial charge in [0.1, 0.15) is 0 Å². The first-order chi connectivity index (χ1) is 13.8. The van der Waals surface area contributed by atoms with Gasteiger partial charge >= 0.3 is 5.69 Å². The van der Waals surface area contributed by atoms with Gasteiger partial charge in [0, 0.05) is 23.8 Å². The summed E-state index contributed by atoms with van der Waals surface area (Å²) >= 11 is 1.24. The van der Waals surface area contributed by atoms with Gasteiger partial charge in [-0.05, 0) is 44.0 Å². The zero-order valence-corrected chi connectivity index (χ0v) is 17.6. The van der Waals surface area contributed by atoms with Crippen LogP contribution in [0.15, 0.2) is 34.2 Å². The lowest BCUT2D eigenvalue weighted by atomic mass is 10.1. The number of ether oxygens (including phenoxy) is 1. The highest BCUT2D eigenvalue weighted by atomic mass is 32.2. The van der Waals surface area contributed by atoms with Gasteiger partial charge in [-0.15, -0.1) is 5.10 Å². The van der Waals surface area contributed by atoms with E-state index >= 15 is 0 Å². The number of amides is 1. The van der Waals surface area contributed by atoms with Crippen molar-refractivity contribution in [3.8, 4) is 0 Å². The Hall–Kier alpha value is -2.39. The van der Waals surface area contributed by atoms with E-state index in [1.165, 1.54) is 16.3 Å². The van der Waals surface area contributed by atoms with E-state index in [4.69, 9.17) is 4.74 Å². The molecule has 8 nitrogen and oxygen atoms in total. The van der Waals surface area contributed by atoms with Gasteiger partial charge in [-0.2, -0.15) is 0 Å². The topological polar surface area (TPSA) is 106 Å².